The van der Waals surface area contributed by atoms with Crippen LogP contribution >= 0.6 is 15.9 Å². The van der Waals surface area contributed by atoms with Crippen LogP contribution < -0.4 is 5.56 Å². The first-order valence-corrected chi connectivity index (χ1v) is 6.37. The molecule has 0 aliphatic rings. The summed E-state index contributed by atoms with van der Waals surface area (Å²) in [5.41, 5.74) is -0.315. The Kier molecular flexibility index (Phi) is 5.22. The van der Waals surface area contributed by atoms with E-state index in [1.54, 1.807) is 6.92 Å². The van der Waals surface area contributed by atoms with Crippen LogP contribution in [0, 0.1) is 17.0 Å². The van der Waals surface area contributed by atoms with E-state index in [1.165, 1.54) is 6.92 Å². The highest BCUT2D eigenvalue weighted by molar-refractivity contribution is 9.10. The number of ether oxygens (including phenoxy) is 1. The van der Waals surface area contributed by atoms with Crippen molar-refractivity contribution in [2.75, 3.05) is 6.61 Å². The second kappa shape index (κ2) is 6.46. The number of aryl methyl sites for hydroxylation is 1. The summed E-state index contributed by atoms with van der Waals surface area (Å²) in [5.74, 6) is -0.450. The second-order valence-electron chi connectivity index (χ2n) is 3.76. The van der Waals surface area contributed by atoms with Crippen LogP contribution in [0.5, 0.6) is 0 Å². The average molecular weight is 333 g/mol. The number of nitro groups is 1. The van der Waals surface area contributed by atoms with Crippen molar-refractivity contribution in [3.05, 3.63) is 36.7 Å². The SMILES string of the molecule is CCOC(=O)CCn1cc([N+](=O)[O-])c(C)c(Br)c1=O. The molecule has 0 radical (unpaired) electrons. The predicted octanol–water partition coefficient (Wildman–Crippen LogP) is 1.78. The van der Waals surface area contributed by atoms with Crippen LogP contribution in [0.3, 0.4) is 0 Å². The molecule has 0 bridgehead atoms. The number of nitrogens with zero attached hydrogens (tertiary/aromatic N) is 2. The smallest absolute Gasteiger partial charge is 0.307 e. The zero-order valence-corrected chi connectivity index (χ0v) is 12.1. The average Bonchev–Trinajstić information content (AvgIpc) is 2.35. The van der Waals surface area contributed by atoms with E-state index in [-0.39, 0.29) is 35.3 Å². The minimum Gasteiger partial charge on any atom is -0.466 e. The van der Waals surface area contributed by atoms with Gasteiger partial charge in [-0.25, -0.2) is 0 Å². The van der Waals surface area contributed by atoms with Gasteiger partial charge in [0.1, 0.15) is 0 Å². The van der Waals surface area contributed by atoms with Gasteiger partial charge in [-0.1, -0.05) is 0 Å². The van der Waals surface area contributed by atoms with Crippen LogP contribution in [0.15, 0.2) is 15.5 Å². The fraction of sp³-hybridized carbons (Fsp3) is 0.455. The molecule has 104 valence electrons. The monoisotopic (exact) mass is 332 g/mol. The number of hydrogen-bond donors (Lipinski definition) is 0. The molecular weight excluding hydrogens is 320 g/mol. The molecule has 0 fully saturated rings. The van der Waals surface area contributed by atoms with Crippen molar-refractivity contribution in [3.63, 3.8) is 0 Å². The normalized spacial score (nSPS) is 10.3. The summed E-state index contributed by atoms with van der Waals surface area (Å²) in [4.78, 5) is 33.4. The van der Waals surface area contributed by atoms with Crippen molar-refractivity contribution in [1.82, 2.24) is 4.57 Å². The van der Waals surface area contributed by atoms with Crippen molar-refractivity contribution in [2.24, 2.45) is 0 Å². The fourth-order valence-corrected chi connectivity index (χ4v) is 1.93. The van der Waals surface area contributed by atoms with Gasteiger partial charge in [0, 0.05) is 12.1 Å². The Morgan fingerprint density at radius 3 is 2.74 bits per heavy atom. The van der Waals surface area contributed by atoms with Crippen LogP contribution in [-0.4, -0.2) is 22.1 Å². The van der Waals surface area contributed by atoms with E-state index in [9.17, 15) is 19.7 Å². The molecule has 7 nitrogen and oxygen atoms in total. The third kappa shape index (κ3) is 3.63. The molecule has 8 heteroatoms. The molecule has 0 atom stereocenters. The summed E-state index contributed by atoms with van der Waals surface area (Å²) >= 11 is 3.03. The van der Waals surface area contributed by atoms with E-state index in [0.29, 0.717) is 0 Å². The highest BCUT2D eigenvalue weighted by Crippen LogP contribution is 2.22. The fourth-order valence-electron chi connectivity index (χ4n) is 1.50. The van der Waals surface area contributed by atoms with Gasteiger partial charge in [0.15, 0.2) is 0 Å². The van der Waals surface area contributed by atoms with E-state index in [2.05, 4.69) is 15.9 Å². The van der Waals surface area contributed by atoms with E-state index < -0.39 is 16.5 Å². The summed E-state index contributed by atoms with van der Waals surface area (Å²) in [5, 5.41) is 10.9. The van der Waals surface area contributed by atoms with Gasteiger partial charge in [-0.15, -0.1) is 0 Å². The summed E-state index contributed by atoms with van der Waals surface area (Å²) in [6.45, 7) is 3.46. The molecule has 0 aliphatic carbocycles. The summed E-state index contributed by atoms with van der Waals surface area (Å²) in [6, 6.07) is 0. The number of rotatable bonds is 5. The van der Waals surface area contributed by atoms with E-state index in [4.69, 9.17) is 4.74 Å². The molecule has 0 saturated heterocycles. The van der Waals surface area contributed by atoms with Gasteiger partial charge < -0.3 is 9.30 Å². The minimum absolute atomic E-state index is 0.0135. The van der Waals surface area contributed by atoms with Gasteiger partial charge in [0.25, 0.3) is 11.2 Å². The molecule has 1 aromatic rings. The van der Waals surface area contributed by atoms with Gasteiger partial charge in [-0.2, -0.15) is 0 Å². The largest absolute Gasteiger partial charge is 0.466 e. The number of pyridine rings is 1. The Morgan fingerprint density at radius 1 is 1.58 bits per heavy atom. The Bertz CT molecular complexity index is 567. The topological polar surface area (TPSA) is 91.4 Å². The maximum atomic E-state index is 11.9. The molecule has 1 aromatic heterocycles. The lowest BCUT2D eigenvalue weighted by atomic mass is 10.2. The van der Waals surface area contributed by atoms with E-state index in [0.717, 1.165) is 10.8 Å². The summed E-state index contributed by atoms with van der Waals surface area (Å²) < 4.78 is 6.00. The Balaban J connectivity index is 3.05. The molecule has 0 aliphatic heterocycles. The van der Waals surface area contributed by atoms with Gasteiger partial charge in [-0.05, 0) is 29.8 Å². The van der Waals surface area contributed by atoms with Gasteiger partial charge in [0.2, 0.25) is 0 Å². The maximum Gasteiger partial charge on any atom is 0.307 e. The van der Waals surface area contributed by atoms with Crippen LogP contribution in [0.25, 0.3) is 0 Å². The zero-order chi connectivity index (χ0) is 14.6. The van der Waals surface area contributed by atoms with Crippen molar-refractivity contribution < 1.29 is 14.5 Å². The maximum absolute atomic E-state index is 11.9. The Morgan fingerprint density at radius 2 is 2.21 bits per heavy atom. The highest BCUT2D eigenvalue weighted by Gasteiger charge is 2.18. The van der Waals surface area contributed by atoms with Gasteiger partial charge >= 0.3 is 5.97 Å². The molecule has 0 unspecified atom stereocenters. The first-order chi connectivity index (χ1) is 8.88. The van der Waals surface area contributed by atoms with E-state index >= 15 is 0 Å². The third-order valence-electron chi connectivity index (χ3n) is 2.50. The lowest BCUT2D eigenvalue weighted by molar-refractivity contribution is -0.386. The van der Waals surface area contributed by atoms with Gasteiger partial charge in [0.05, 0.1) is 28.6 Å². The quantitative estimate of drug-likeness (QED) is 0.465. The molecular formula is C11H13BrN2O5. The van der Waals surface area contributed by atoms with Gasteiger partial charge in [-0.3, -0.25) is 19.7 Å². The molecule has 0 N–H and O–H groups in total. The number of halogens is 1. The van der Waals surface area contributed by atoms with Crippen molar-refractivity contribution in [3.8, 4) is 0 Å². The first-order valence-electron chi connectivity index (χ1n) is 5.58. The third-order valence-corrected chi connectivity index (χ3v) is 3.43. The number of carbonyl (C=O) groups is 1. The molecule has 1 heterocycles. The number of carbonyl (C=O) groups excluding carboxylic acids is 1. The first kappa shape index (κ1) is 15.4. The highest BCUT2D eigenvalue weighted by atomic mass is 79.9. The van der Waals surface area contributed by atoms with Crippen molar-refractivity contribution in [1.29, 1.82) is 0 Å². The minimum atomic E-state index is -0.569. The number of esters is 1. The Labute approximate surface area is 117 Å². The van der Waals surface area contributed by atoms with Crippen LogP contribution in [-0.2, 0) is 16.1 Å². The molecule has 0 saturated carbocycles. The Hall–Kier alpha value is -1.70. The number of aromatic nitrogens is 1. The summed E-state index contributed by atoms with van der Waals surface area (Å²) in [7, 11) is 0. The summed E-state index contributed by atoms with van der Waals surface area (Å²) in [6.07, 6.45) is 1.13. The standard InChI is InChI=1S/C11H13BrN2O5/c1-3-19-9(15)4-5-13-6-8(14(17)18)7(2)10(12)11(13)16/h6H,3-5H2,1-2H3. The molecule has 0 aromatic carbocycles. The zero-order valence-electron chi connectivity index (χ0n) is 10.5. The lowest BCUT2D eigenvalue weighted by Gasteiger charge is -2.08. The molecule has 19 heavy (non-hydrogen) atoms. The van der Waals surface area contributed by atoms with Crippen molar-refractivity contribution in [2.45, 2.75) is 26.8 Å². The van der Waals surface area contributed by atoms with Crippen LogP contribution in [0.1, 0.15) is 18.9 Å². The molecule has 1 rings (SSSR count). The van der Waals surface area contributed by atoms with Crippen molar-refractivity contribution >= 4 is 27.6 Å². The number of hydrogen-bond acceptors (Lipinski definition) is 5. The predicted molar refractivity (Wildman–Crippen MR) is 71.0 cm³/mol. The van der Waals surface area contributed by atoms with E-state index in [1.807, 2.05) is 0 Å². The van der Waals surface area contributed by atoms with Crippen LogP contribution in [0.2, 0.25) is 0 Å². The lowest BCUT2D eigenvalue weighted by Crippen LogP contribution is -2.23. The molecule has 0 amide bonds. The molecule has 0 spiro atoms. The second-order valence-corrected chi connectivity index (χ2v) is 4.56. The van der Waals surface area contributed by atoms with Crippen LogP contribution in [0.4, 0.5) is 5.69 Å².